The minimum atomic E-state index is -0.283. The van der Waals surface area contributed by atoms with E-state index >= 15 is 0 Å². The summed E-state index contributed by atoms with van der Waals surface area (Å²) in [4.78, 5) is 30.5. The molecule has 0 atom stereocenters. The van der Waals surface area contributed by atoms with E-state index in [-0.39, 0.29) is 94.6 Å². The zero-order chi connectivity index (χ0) is 26.2. The van der Waals surface area contributed by atoms with Gasteiger partial charge in [0.2, 0.25) is 5.88 Å². The van der Waals surface area contributed by atoms with Crippen molar-refractivity contribution in [1.29, 1.82) is 0 Å². The van der Waals surface area contributed by atoms with Gasteiger partial charge in [-0.25, -0.2) is 4.98 Å². The van der Waals surface area contributed by atoms with Crippen LogP contribution in [0.2, 0.25) is 0 Å². The maximum Gasteiger partial charge on any atom is 1.00 e. The Balaban J connectivity index is 0.00000400. The molecule has 8 nitrogen and oxygen atoms in total. The second-order valence-electron chi connectivity index (χ2n) is 9.78. The van der Waals surface area contributed by atoms with Crippen LogP contribution in [0.3, 0.4) is 0 Å². The molecule has 2 fully saturated rings. The first-order chi connectivity index (χ1) is 17.9. The first-order valence-corrected chi connectivity index (χ1v) is 14.2. The van der Waals surface area contributed by atoms with Gasteiger partial charge >= 0.3 is 51.4 Å². The maximum atomic E-state index is 13.1. The van der Waals surface area contributed by atoms with Crippen LogP contribution in [0.5, 0.6) is 11.6 Å². The number of aromatic nitrogens is 1. The molecule has 1 aliphatic heterocycles. The van der Waals surface area contributed by atoms with Crippen LogP contribution in [0.1, 0.15) is 70.4 Å². The Kier molecular flexibility index (Phi) is 12.9. The number of thioether (sulfide) groups is 1. The second kappa shape index (κ2) is 15.6. The van der Waals surface area contributed by atoms with Gasteiger partial charge in [-0.15, -0.1) is 6.04 Å². The number of benzene rings is 1. The third kappa shape index (κ3) is 8.94. The molecule has 0 radical (unpaired) electrons. The monoisotopic (exact) mass is 565 g/mol. The van der Waals surface area contributed by atoms with Gasteiger partial charge in [0.05, 0.1) is 23.6 Å². The quantitative estimate of drug-likeness (QED) is 0.445. The molecule has 1 aliphatic carbocycles. The van der Waals surface area contributed by atoms with Crippen LogP contribution in [-0.2, 0) is 0 Å². The molecule has 10 heteroatoms. The van der Waals surface area contributed by atoms with Gasteiger partial charge in [-0.05, 0) is 74.8 Å². The van der Waals surface area contributed by atoms with Crippen molar-refractivity contribution in [3.05, 3.63) is 58.0 Å². The second-order valence-corrected chi connectivity index (χ2v) is 11.0. The summed E-state index contributed by atoms with van der Waals surface area (Å²) in [6.07, 6.45) is 6.64. The molecule has 0 bridgehead atoms. The number of nitrogens with zero attached hydrogens (tertiary/aromatic N) is 2. The number of hydrogen-bond acceptors (Lipinski definition) is 7. The number of ether oxygens (including phenoxy) is 2. The summed E-state index contributed by atoms with van der Waals surface area (Å²) in [5.74, 6) is 2.49. The van der Waals surface area contributed by atoms with E-state index in [1.807, 2.05) is 37.7 Å². The number of aliphatic hydroxyl groups is 1. The van der Waals surface area contributed by atoms with Crippen molar-refractivity contribution in [3.63, 3.8) is 0 Å². The van der Waals surface area contributed by atoms with E-state index in [4.69, 9.17) is 14.6 Å². The maximum absolute atomic E-state index is 13.1. The smallest absolute Gasteiger partial charge is 0.646 e. The Morgan fingerprint density at radius 3 is 2.47 bits per heavy atom. The number of pyridine rings is 1. The van der Waals surface area contributed by atoms with Gasteiger partial charge in [-0.2, -0.15) is 11.8 Å². The summed E-state index contributed by atoms with van der Waals surface area (Å²) in [5, 5.41) is 16.7. The predicted molar refractivity (Wildman–Crippen MR) is 145 cm³/mol. The normalized spacial score (nSPS) is 19.7. The van der Waals surface area contributed by atoms with Crippen LogP contribution in [0, 0.1) is 13.8 Å². The molecule has 0 unspecified atom stereocenters. The molecule has 1 aromatic heterocycles. The fourth-order valence-electron chi connectivity index (χ4n) is 4.71. The van der Waals surface area contributed by atoms with E-state index in [0.29, 0.717) is 35.6 Å². The zero-order valence-corrected chi connectivity index (χ0v) is 26.5. The van der Waals surface area contributed by atoms with Crippen LogP contribution in [-0.4, -0.2) is 64.8 Å². The molecule has 2 N–H and O–H groups in total. The zero-order valence-electron chi connectivity index (χ0n) is 22.6. The van der Waals surface area contributed by atoms with E-state index in [2.05, 4.69) is 15.6 Å². The summed E-state index contributed by atoms with van der Waals surface area (Å²) in [6, 6.07) is 7.15. The van der Waals surface area contributed by atoms with Crippen molar-refractivity contribution in [2.75, 3.05) is 24.7 Å². The summed E-state index contributed by atoms with van der Waals surface area (Å²) in [5.41, 5.74) is 2.75. The Bertz CT molecular complexity index is 1090. The molecular formula is C28H36KN3O5S. The average Bonchev–Trinajstić information content (AvgIpc) is 2.90. The van der Waals surface area contributed by atoms with Gasteiger partial charge < -0.3 is 30.0 Å². The van der Waals surface area contributed by atoms with Crippen molar-refractivity contribution in [2.24, 2.45) is 0 Å². The van der Waals surface area contributed by atoms with Gasteiger partial charge in [0.1, 0.15) is 18.5 Å². The first kappa shape index (κ1) is 31.4. The van der Waals surface area contributed by atoms with Gasteiger partial charge in [0.15, 0.2) is 0 Å². The van der Waals surface area contributed by atoms with Crippen LogP contribution in [0.15, 0.2) is 30.5 Å². The van der Waals surface area contributed by atoms with Crippen LogP contribution in [0.25, 0.3) is 5.32 Å². The molecule has 1 saturated heterocycles. The van der Waals surface area contributed by atoms with E-state index in [0.717, 1.165) is 48.3 Å². The van der Waals surface area contributed by atoms with Crippen molar-refractivity contribution < 1.29 is 75.6 Å². The summed E-state index contributed by atoms with van der Waals surface area (Å²) in [7, 11) is 0. The number of amides is 2. The third-order valence-electron chi connectivity index (χ3n) is 6.73. The van der Waals surface area contributed by atoms with Crippen molar-refractivity contribution in [3.8, 4) is 11.6 Å². The molecule has 1 aromatic carbocycles. The summed E-state index contributed by atoms with van der Waals surface area (Å²) >= 11 is 1.92. The number of rotatable bonds is 9. The van der Waals surface area contributed by atoms with Crippen molar-refractivity contribution >= 4 is 23.6 Å². The van der Waals surface area contributed by atoms with Gasteiger partial charge in [0.25, 0.3) is 5.91 Å². The molecule has 2 amide bonds. The molecule has 0 spiro atoms. The van der Waals surface area contributed by atoms with Gasteiger partial charge in [-0.1, -0.05) is 24.5 Å². The number of carbonyl (C=O) groups excluding carboxylic acids is 2. The standard InChI is InChI=1S/C28H37N3O5S.K/c1-18-3-8-25(35-12-11-32)23(15-18)26(33)30-20-4-6-21(7-5-20)31-27(34)24-16-19(2)17-29-28(24)36-22-9-13-37-14-10-22;/h3,8,15-17,20-22,32H,4-7,9-14H2,1-2H3,(H2,30,31,33,34);/q;+1/p-1. The minimum Gasteiger partial charge on any atom is -0.646 e. The first-order valence-electron chi connectivity index (χ1n) is 13.0. The summed E-state index contributed by atoms with van der Waals surface area (Å²) < 4.78 is 11.7. The molecule has 4 rings (SSSR count). The van der Waals surface area contributed by atoms with Gasteiger partial charge in [-0.3, -0.25) is 4.79 Å². The largest absolute Gasteiger partial charge is 1.00 e. The number of aliphatic hydroxyl groups excluding tert-OH is 1. The van der Waals surface area contributed by atoms with Crippen molar-refractivity contribution in [1.82, 2.24) is 10.3 Å². The fourth-order valence-corrected chi connectivity index (χ4v) is 5.77. The fraction of sp³-hybridized carbons (Fsp3) is 0.536. The predicted octanol–water partition coefficient (Wildman–Crippen LogP) is 1.60. The number of nitrogens with one attached hydrogen (secondary N) is 1. The summed E-state index contributed by atoms with van der Waals surface area (Å²) in [6.45, 7) is 3.85. The number of aryl methyl sites for hydroxylation is 2. The average molecular weight is 566 g/mol. The van der Waals surface area contributed by atoms with Gasteiger partial charge in [0, 0.05) is 12.2 Å². The number of carbonyl (C=O) groups is 2. The van der Waals surface area contributed by atoms with Crippen LogP contribution >= 0.6 is 11.8 Å². The Labute approximate surface area is 271 Å². The van der Waals surface area contributed by atoms with E-state index in [1.54, 1.807) is 18.3 Å². The van der Waals surface area contributed by atoms with E-state index < -0.39 is 0 Å². The SMILES string of the molecule is Cc1ccc(OCCO)c(C(=O)NC2CCC([N-]C(=O)c3cc(C)cnc3OC3CCSCC3)CC2)c1.[K+]. The molecule has 38 heavy (non-hydrogen) atoms. The topological polar surface area (TPSA) is 112 Å². The van der Waals surface area contributed by atoms with E-state index in [9.17, 15) is 9.59 Å². The Morgan fingerprint density at radius 2 is 1.76 bits per heavy atom. The van der Waals surface area contributed by atoms with Crippen LogP contribution < -0.4 is 66.2 Å². The van der Waals surface area contributed by atoms with E-state index in [1.165, 1.54) is 0 Å². The Morgan fingerprint density at radius 1 is 1.05 bits per heavy atom. The minimum absolute atomic E-state index is 0. The number of hydrogen-bond donors (Lipinski definition) is 2. The molecule has 200 valence electrons. The third-order valence-corrected chi connectivity index (χ3v) is 7.77. The Hall–Kier alpha value is -1.14. The molecule has 1 saturated carbocycles. The molecular weight excluding hydrogens is 529 g/mol. The molecule has 2 heterocycles. The van der Waals surface area contributed by atoms with Crippen molar-refractivity contribution in [2.45, 2.75) is 70.6 Å². The molecule has 2 aliphatic rings. The van der Waals surface area contributed by atoms with Crippen LogP contribution in [0.4, 0.5) is 0 Å². The molecule has 2 aromatic rings.